The van der Waals surface area contributed by atoms with Gasteiger partial charge in [0.25, 0.3) is 0 Å². The van der Waals surface area contributed by atoms with Crippen molar-refractivity contribution in [1.82, 2.24) is 5.32 Å². The lowest BCUT2D eigenvalue weighted by Gasteiger charge is -2.19. The highest BCUT2D eigenvalue weighted by molar-refractivity contribution is 5.75. The Hall–Kier alpha value is -1.55. The van der Waals surface area contributed by atoms with Crippen LogP contribution in [0.1, 0.15) is 46.1 Å². The zero-order valence-electron chi connectivity index (χ0n) is 13.5. The normalized spacial score (nSPS) is 12.2. The Morgan fingerprint density at radius 2 is 1.95 bits per heavy atom. The molecule has 1 N–H and O–H groups in total. The third kappa shape index (κ3) is 6.17. The Labute approximate surface area is 127 Å². The molecule has 0 radical (unpaired) electrons. The summed E-state index contributed by atoms with van der Waals surface area (Å²) in [6.45, 7) is 9.13. The van der Waals surface area contributed by atoms with Gasteiger partial charge in [-0.3, -0.25) is 0 Å². The quantitative estimate of drug-likeness (QED) is 0.710. The minimum Gasteiger partial charge on any atom is -0.478 e. The van der Waals surface area contributed by atoms with E-state index in [-0.39, 0.29) is 5.97 Å². The fraction of sp³-hybridized carbons (Fsp3) is 0.588. The number of para-hydroxylation sites is 1. The summed E-state index contributed by atoms with van der Waals surface area (Å²) in [5.41, 5.74) is 1.05. The molecule has 0 aromatic heterocycles. The average molecular weight is 293 g/mol. The number of carbonyl (C=O) groups excluding carboxylic acids is 1. The molecule has 0 saturated carbocycles. The Bertz CT molecular complexity index is 432. The van der Waals surface area contributed by atoms with Crippen LogP contribution >= 0.6 is 0 Å². The molecule has 4 nitrogen and oxygen atoms in total. The van der Waals surface area contributed by atoms with Crippen LogP contribution in [0, 0.1) is 0 Å². The molecule has 0 saturated heterocycles. The van der Waals surface area contributed by atoms with Crippen molar-refractivity contribution in [1.29, 1.82) is 0 Å². The first-order valence-corrected chi connectivity index (χ1v) is 7.73. The van der Waals surface area contributed by atoms with Crippen LogP contribution in [0.3, 0.4) is 0 Å². The Balaban J connectivity index is 2.80. The van der Waals surface area contributed by atoms with E-state index >= 15 is 0 Å². The van der Waals surface area contributed by atoms with Gasteiger partial charge in [0, 0.05) is 18.2 Å². The van der Waals surface area contributed by atoms with Crippen molar-refractivity contribution < 1.29 is 14.3 Å². The van der Waals surface area contributed by atoms with E-state index in [4.69, 9.17) is 9.47 Å². The van der Waals surface area contributed by atoms with E-state index in [9.17, 15) is 4.79 Å². The van der Waals surface area contributed by atoms with Crippen molar-refractivity contribution in [3.8, 4) is 5.75 Å². The van der Waals surface area contributed by atoms with Crippen LogP contribution in [0.4, 0.5) is 0 Å². The van der Waals surface area contributed by atoms with Gasteiger partial charge in [-0.05, 0) is 19.4 Å². The average Bonchev–Trinajstić information content (AvgIpc) is 2.46. The third-order valence-corrected chi connectivity index (χ3v) is 3.04. The molecule has 1 atom stereocenters. The standard InChI is InChI=1S/C17H27NO3/c1-5-9-16(17(19)20-6-2)21-15-11-8-7-10-14(15)12-18-13(3)4/h7-8,10-11,13,16,18H,5-6,9,12H2,1-4H3. The molecule has 0 bridgehead atoms. The number of ether oxygens (including phenoxy) is 2. The van der Waals surface area contributed by atoms with Crippen LogP contribution in [0.25, 0.3) is 0 Å². The van der Waals surface area contributed by atoms with Crippen LogP contribution in [0.5, 0.6) is 5.75 Å². The summed E-state index contributed by atoms with van der Waals surface area (Å²) in [5.74, 6) is 0.461. The molecule has 0 aliphatic heterocycles. The van der Waals surface area contributed by atoms with E-state index in [2.05, 4.69) is 19.2 Å². The van der Waals surface area contributed by atoms with Gasteiger partial charge in [0.15, 0.2) is 6.10 Å². The van der Waals surface area contributed by atoms with Crippen molar-refractivity contribution in [2.75, 3.05) is 6.61 Å². The number of carbonyl (C=O) groups is 1. The Morgan fingerprint density at radius 1 is 1.24 bits per heavy atom. The summed E-state index contributed by atoms with van der Waals surface area (Å²) in [7, 11) is 0. The maximum Gasteiger partial charge on any atom is 0.347 e. The molecular weight excluding hydrogens is 266 g/mol. The molecule has 118 valence electrons. The summed E-state index contributed by atoms with van der Waals surface area (Å²) >= 11 is 0. The minimum atomic E-state index is -0.532. The van der Waals surface area contributed by atoms with E-state index in [1.807, 2.05) is 31.2 Å². The summed E-state index contributed by atoms with van der Waals surface area (Å²) in [6, 6.07) is 8.21. The lowest BCUT2D eigenvalue weighted by atomic mass is 10.1. The second kappa shape index (κ2) is 9.40. The Kier molecular flexibility index (Phi) is 7.83. The Morgan fingerprint density at radius 3 is 2.57 bits per heavy atom. The van der Waals surface area contributed by atoms with Crippen molar-refractivity contribution in [2.24, 2.45) is 0 Å². The lowest BCUT2D eigenvalue weighted by molar-refractivity contribution is -0.151. The molecule has 0 amide bonds. The maximum atomic E-state index is 12.0. The molecule has 1 aromatic rings. The van der Waals surface area contributed by atoms with Gasteiger partial charge in [0.05, 0.1) is 6.61 Å². The van der Waals surface area contributed by atoms with Crippen LogP contribution in [0.2, 0.25) is 0 Å². The fourth-order valence-electron chi connectivity index (χ4n) is 1.95. The van der Waals surface area contributed by atoms with Crippen LogP contribution < -0.4 is 10.1 Å². The van der Waals surface area contributed by atoms with E-state index in [0.717, 1.165) is 24.3 Å². The summed E-state index contributed by atoms with van der Waals surface area (Å²) < 4.78 is 11.0. The second-order valence-electron chi connectivity index (χ2n) is 5.29. The number of benzene rings is 1. The molecule has 0 spiro atoms. The lowest BCUT2D eigenvalue weighted by Crippen LogP contribution is -2.30. The van der Waals surface area contributed by atoms with E-state index in [0.29, 0.717) is 19.1 Å². The van der Waals surface area contributed by atoms with Gasteiger partial charge < -0.3 is 14.8 Å². The number of hydrogen-bond acceptors (Lipinski definition) is 4. The van der Waals surface area contributed by atoms with E-state index in [1.54, 1.807) is 6.92 Å². The number of rotatable bonds is 9. The number of hydrogen-bond donors (Lipinski definition) is 1. The summed E-state index contributed by atoms with van der Waals surface area (Å²) in [4.78, 5) is 12.0. The summed E-state index contributed by atoms with van der Waals surface area (Å²) in [5, 5.41) is 3.37. The predicted molar refractivity (Wildman–Crippen MR) is 84.4 cm³/mol. The zero-order valence-corrected chi connectivity index (χ0v) is 13.5. The number of nitrogens with one attached hydrogen (secondary N) is 1. The molecule has 1 unspecified atom stereocenters. The SMILES string of the molecule is CCCC(Oc1ccccc1CNC(C)C)C(=O)OCC. The number of esters is 1. The minimum absolute atomic E-state index is 0.286. The van der Waals surface area contributed by atoms with Crippen molar-refractivity contribution in [3.05, 3.63) is 29.8 Å². The molecule has 1 aromatic carbocycles. The molecule has 4 heteroatoms. The first-order valence-electron chi connectivity index (χ1n) is 7.73. The molecule has 1 rings (SSSR count). The van der Waals surface area contributed by atoms with Crippen molar-refractivity contribution in [2.45, 2.75) is 59.2 Å². The van der Waals surface area contributed by atoms with Gasteiger partial charge in [-0.1, -0.05) is 45.4 Å². The smallest absolute Gasteiger partial charge is 0.347 e. The van der Waals surface area contributed by atoms with Crippen LogP contribution in [-0.4, -0.2) is 24.7 Å². The topological polar surface area (TPSA) is 47.6 Å². The van der Waals surface area contributed by atoms with Gasteiger partial charge in [-0.2, -0.15) is 0 Å². The van der Waals surface area contributed by atoms with Gasteiger partial charge in [0.1, 0.15) is 5.75 Å². The van der Waals surface area contributed by atoms with E-state index in [1.165, 1.54) is 0 Å². The maximum absolute atomic E-state index is 12.0. The van der Waals surface area contributed by atoms with Crippen LogP contribution in [0.15, 0.2) is 24.3 Å². The van der Waals surface area contributed by atoms with Crippen molar-refractivity contribution >= 4 is 5.97 Å². The second-order valence-corrected chi connectivity index (χ2v) is 5.29. The van der Waals surface area contributed by atoms with Crippen molar-refractivity contribution in [3.63, 3.8) is 0 Å². The van der Waals surface area contributed by atoms with Gasteiger partial charge in [-0.15, -0.1) is 0 Å². The molecule has 0 aliphatic rings. The molecule has 21 heavy (non-hydrogen) atoms. The highest BCUT2D eigenvalue weighted by Crippen LogP contribution is 2.21. The van der Waals surface area contributed by atoms with E-state index < -0.39 is 6.10 Å². The first-order chi connectivity index (χ1) is 10.1. The first kappa shape index (κ1) is 17.5. The van der Waals surface area contributed by atoms with Gasteiger partial charge in [0.2, 0.25) is 0 Å². The van der Waals surface area contributed by atoms with Crippen LogP contribution in [-0.2, 0) is 16.1 Å². The monoisotopic (exact) mass is 293 g/mol. The van der Waals surface area contributed by atoms with Gasteiger partial charge in [-0.25, -0.2) is 4.79 Å². The molecule has 0 fully saturated rings. The highest BCUT2D eigenvalue weighted by Gasteiger charge is 2.21. The molecule has 0 aliphatic carbocycles. The third-order valence-electron chi connectivity index (χ3n) is 3.04. The predicted octanol–water partition coefficient (Wildman–Crippen LogP) is 3.30. The van der Waals surface area contributed by atoms with Gasteiger partial charge >= 0.3 is 5.97 Å². The fourth-order valence-corrected chi connectivity index (χ4v) is 1.95. The summed E-state index contributed by atoms with van der Waals surface area (Å²) in [6.07, 6.45) is 0.996. The molecular formula is C17H27NO3. The zero-order chi connectivity index (χ0) is 15.7. The highest BCUT2D eigenvalue weighted by atomic mass is 16.6. The largest absolute Gasteiger partial charge is 0.478 e. The molecule has 0 heterocycles.